The van der Waals surface area contributed by atoms with Gasteiger partial charge in [0.05, 0.1) is 5.69 Å². The molecule has 26 heavy (non-hydrogen) atoms. The zero-order valence-corrected chi connectivity index (χ0v) is 15.1. The maximum Gasteiger partial charge on any atom is 0.161 e. The van der Waals surface area contributed by atoms with Gasteiger partial charge in [0.1, 0.15) is 12.4 Å². The topological polar surface area (TPSA) is 47.9 Å². The summed E-state index contributed by atoms with van der Waals surface area (Å²) in [5.74, 6) is 0.797. The SMILES string of the molecule is Clc1nnc(Cl)c2cc(-c3ccc(OCc4ccccc4)cc3)ncc12. The fourth-order valence-corrected chi connectivity index (χ4v) is 2.99. The summed E-state index contributed by atoms with van der Waals surface area (Å²) in [7, 11) is 0. The summed E-state index contributed by atoms with van der Waals surface area (Å²) < 4.78 is 5.81. The molecule has 4 nitrogen and oxygen atoms in total. The van der Waals surface area contributed by atoms with E-state index in [0.29, 0.717) is 17.1 Å². The number of hydrogen-bond acceptors (Lipinski definition) is 4. The highest BCUT2D eigenvalue weighted by molar-refractivity contribution is 6.38. The second-order valence-corrected chi connectivity index (χ2v) is 6.41. The van der Waals surface area contributed by atoms with Crippen molar-refractivity contribution < 1.29 is 4.74 Å². The van der Waals surface area contributed by atoms with E-state index in [-0.39, 0.29) is 5.15 Å². The van der Waals surface area contributed by atoms with Gasteiger partial charge in [0.2, 0.25) is 0 Å². The standard InChI is InChI=1S/C20H13Cl2N3O/c21-19-16-10-18(23-11-17(16)20(22)25-24-19)14-6-8-15(9-7-14)26-12-13-4-2-1-3-5-13/h1-11H,12H2. The van der Waals surface area contributed by atoms with Crippen LogP contribution < -0.4 is 4.74 Å². The van der Waals surface area contributed by atoms with E-state index in [9.17, 15) is 0 Å². The molecule has 6 heteroatoms. The smallest absolute Gasteiger partial charge is 0.161 e. The molecule has 0 radical (unpaired) electrons. The first-order chi connectivity index (χ1) is 12.7. The molecule has 0 aliphatic heterocycles. The first-order valence-electron chi connectivity index (χ1n) is 7.95. The number of rotatable bonds is 4. The van der Waals surface area contributed by atoms with Crippen molar-refractivity contribution in [3.8, 4) is 17.0 Å². The van der Waals surface area contributed by atoms with Crippen LogP contribution in [0.5, 0.6) is 5.75 Å². The lowest BCUT2D eigenvalue weighted by Crippen LogP contribution is -1.95. The summed E-state index contributed by atoms with van der Waals surface area (Å²) >= 11 is 12.2. The molecule has 2 aromatic heterocycles. The molecule has 0 aliphatic carbocycles. The quantitative estimate of drug-likeness (QED) is 0.463. The van der Waals surface area contributed by atoms with Crippen LogP contribution >= 0.6 is 23.2 Å². The van der Waals surface area contributed by atoms with Gasteiger partial charge in [-0.3, -0.25) is 4.98 Å². The number of nitrogens with zero attached hydrogens (tertiary/aromatic N) is 3. The third kappa shape index (κ3) is 3.47. The number of pyridine rings is 1. The van der Waals surface area contributed by atoms with Crippen molar-refractivity contribution in [1.29, 1.82) is 0 Å². The minimum Gasteiger partial charge on any atom is -0.489 e. The Bertz CT molecular complexity index is 1050. The van der Waals surface area contributed by atoms with Crippen molar-refractivity contribution in [3.05, 3.63) is 82.7 Å². The highest BCUT2D eigenvalue weighted by atomic mass is 35.5. The lowest BCUT2D eigenvalue weighted by molar-refractivity contribution is 0.306. The minimum atomic E-state index is 0.285. The summed E-state index contributed by atoms with van der Waals surface area (Å²) in [5, 5.41) is 9.63. The van der Waals surface area contributed by atoms with E-state index in [1.807, 2.05) is 60.7 Å². The van der Waals surface area contributed by atoms with Crippen LogP contribution in [0.15, 0.2) is 66.9 Å². The van der Waals surface area contributed by atoms with E-state index in [4.69, 9.17) is 27.9 Å². The molecule has 2 aromatic carbocycles. The number of halogens is 2. The zero-order valence-electron chi connectivity index (χ0n) is 13.6. The van der Waals surface area contributed by atoms with E-state index < -0.39 is 0 Å². The van der Waals surface area contributed by atoms with Gasteiger partial charge in [-0.1, -0.05) is 53.5 Å². The molecule has 0 saturated heterocycles. The van der Waals surface area contributed by atoms with Crippen LogP contribution in [-0.2, 0) is 6.61 Å². The Kier molecular flexibility index (Phi) is 4.69. The molecule has 0 saturated carbocycles. The van der Waals surface area contributed by atoms with Gasteiger partial charge < -0.3 is 4.74 Å². The number of hydrogen-bond donors (Lipinski definition) is 0. The van der Waals surface area contributed by atoms with Gasteiger partial charge in [0, 0.05) is 22.5 Å². The van der Waals surface area contributed by atoms with Crippen molar-refractivity contribution >= 4 is 34.0 Å². The summed E-state index contributed by atoms with van der Waals surface area (Å²) in [5.41, 5.74) is 2.85. The van der Waals surface area contributed by atoms with Crippen LogP contribution in [0.2, 0.25) is 10.3 Å². The average Bonchev–Trinajstić information content (AvgIpc) is 2.70. The first-order valence-corrected chi connectivity index (χ1v) is 8.71. The van der Waals surface area contributed by atoms with E-state index in [1.54, 1.807) is 6.20 Å². The Morgan fingerprint density at radius 1 is 0.808 bits per heavy atom. The molecule has 0 unspecified atom stereocenters. The van der Waals surface area contributed by atoms with Gasteiger partial charge in [-0.15, -0.1) is 10.2 Å². The molecular formula is C20H13Cl2N3O. The van der Waals surface area contributed by atoms with E-state index >= 15 is 0 Å². The largest absolute Gasteiger partial charge is 0.489 e. The molecule has 4 rings (SSSR count). The van der Waals surface area contributed by atoms with E-state index in [0.717, 1.165) is 28.0 Å². The summed E-state index contributed by atoms with van der Waals surface area (Å²) in [6, 6.07) is 19.7. The van der Waals surface area contributed by atoms with Crippen molar-refractivity contribution in [2.45, 2.75) is 6.61 Å². The molecular weight excluding hydrogens is 369 g/mol. The second kappa shape index (κ2) is 7.28. The van der Waals surface area contributed by atoms with E-state index in [2.05, 4.69) is 15.2 Å². The van der Waals surface area contributed by atoms with Crippen LogP contribution in [0.3, 0.4) is 0 Å². The highest BCUT2D eigenvalue weighted by Crippen LogP contribution is 2.29. The lowest BCUT2D eigenvalue weighted by atomic mass is 10.1. The van der Waals surface area contributed by atoms with Gasteiger partial charge in [-0.05, 0) is 35.9 Å². The molecule has 0 amide bonds. The Balaban J connectivity index is 1.57. The summed E-state index contributed by atoms with van der Waals surface area (Å²) in [6.07, 6.45) is 1.66. The maximum absolute atomic E-state index is 6.13. The van der Waals surface area contributed by atoms with Crippen molar-refractivity contribution in [2.75, 3.05) is 0 Å². The Labute approximate surface area is 160 Å². The molecule has 4 aromatic rings. The average molecular weight is 382 g/mol. The zero-order chi connectivity index (χ0) is 17.9. The summed E-state index contributed by atoms with van der Waals surface area (Å²) in [6.45, 7) is 0.529. The van der Waals surface area contributed by atoms with Crippen molar-refractivity contribution in [2.24, 2.45) is 0 Å². The van der Waals surface area contributed by atoms with Crippen LogP contribution in [0.1, 0.15) is 5.56 Å². The Morgan fingerprint density at radius 2 is 1.50 bits per heavy atom. The molecule has 2 heterocycles. The molecule has 0 aliphatic rings. The second-order valence-electron chi connectivity index (χ2n) is 5.70. The minimum absolute atomic E-state index is 0.285. The molecule has 0 bridgehead atoms. The van der Waals surface area contributed by atoms with Crippen molar-refractivity contribution in [3.63, 3.8) is 0 Å². The van der Waals surface area contributed by atoms with Gasteiger partial charge >= 0.3 is 0 Å². The number of fused-ring (bicyclic) bond motifs is 1. The van der Waals surface area contributed by atoms with Crippen LogP contribution in [-0.4, -0.2) is 15.2 Å². The Morgan fingerprint density at radius 3 is 2.23 bits per heavy atom. The molecule has 0 N–H and O–H groups in total. The molecule has 0 atom stereocenters. The normalized spacial score (nSPS) is 10.8. The fourth-order valence-electron chi connectivity index (χ4n) is 2.61. The van der Waals surface area contributed by atoms with Gasteiger partial charge in [-0.25, -0.2) is 0 Å². The number of benzene rings is 2. The monoisotopic (exact) mass is 381 g/mol. The Hall–Kier alpha value is -2.69. The van der Waals surface area contributed by atoms with Crippen LogP contribution in [0.4, 0.5) is 0 Å². The van der Waals surface area contributed by atoms with Crippen LogP contribution in [0, 0.1) is 0 Å². The molecule has 0 fully saturated rings. The number of aromatic nitrogens is 3. The maximum atomic E-state index is 6.13. The molecule has 0 spiro atoms. The van der Waals surface area contributed by atoms with Gasteiger partial charge in [0.15, 0.2) is 10.3 Å². The summed E-state index contributed by atoms with van der Waals surface area (Å²) in [4.78, 5) is 4.45. The van der Waals surface area contributed by atoms with Crippen LogP contribution in [0.25, 0.3) is 22.0 Å². The van der Waals surface area contributed by atoms with Gasteiger partial charge in [-0.2, -0.15) is 0 Å². The fraction of sp³-hybridized carbons (Fsp3) is 0.0500. The predicted octanol–water partition coefficient (Wildman–Crippen LogP) is 5.58. The van der Waals surface area contributed by atoms with E-state index in [1.165, 1.54) is 0 Å². The third-order valence-electron chi connectivity index (χ3n) is 3.97. The predicted molar refractivity (Wildman–Crippen MR) is 104 cm³/mol. The lowest BCUT2D eigenvalue weighted by Gasteiger charge is -2.08. The third-order valence-corrected chi connectivity index (χ3v) is 4.53. The van der Waals surface area contributed by atoms with Crippen molar-refractivity contribution in [1.82, 2.24) is 15.2 Å². The van der Waals surface area contributed by atoms with Gasteiger partial charge in [0.25, 0.3) is 0 Å². The first kappa shape index (κ1) is 16.8. The number of ether oxygens (including phenoxy) is 1. The highest BCUT2D eigenvalue weighted by Gasteiger charge is 2.09. The molecule has 128 valence electrons.